The number of nitro groups is 1. The Hall–Kier alpha value is -1.86. The van der Waals surface area contributed by atoms with Gasteiger partial charge in [-0.15, -0.1) is 0 Å². The minimum Gasteiger partial charge on any atom is -0.336 e. The van der Waals surface area contributed by atoms with Gasteiger partial charge in [-0.25, -0.2) is 0 Å². The van der Waals surface area contributed by atoms with E-state index in [1.165, 1.54) is 18.2 Å². The maximum Gasteiger partial charge on any atom is 0.288 e. The molecule has 1 fully saturated rings. The van der Waals surface area contributed by atoms with Crippen LogP contribution in [-0.4, -0.2) is 46.8 Å². The van der Waals surface area contributed by atoms with Crippen LogP contribution in [0.4, 0.5) is 5.69 Å². The van der Waals surface area contributed by atoms with Crippen molar-refractivity contribution in [3.8, 4) is 0 Å². The largest absolute Gasteiger partial charge is 0.336 e. The molecule has 1 aliphatic rings. The number of piperazine rings is 1. The number of hydrogen-bond donors (Lipinski definition) is 0. The fourth-order valence-corrected chi connectivity index (χ4v) is 3.62. The standard InChI is InChI=1S/C18H16Cl3N3O3/c19-14-3-1-13(16(21)10-14)11-22-5-7-23(8-6-22)18(25)12-2-4-15(20)17(9-12)24(26)27/h1-4,9-10H,5-8,11H2. The Bertz CT molecular complexity index is 883. The monoisotopic (exact) mass is 427 g/mol. The molecule has 0 bridgehead atoms. The van der Waals surface area contributed by atoms with Crippen LogP contribution in [0.3, 0.4) is 0 Å². The van der Waals surface area contributed by atoms with Gasteiger partial charge in [0.2, 0.25) is 0 Å². The minimum atomic E-state index is -0.590. The highest BCUT2D eigenvalue weighted by Gasteiger charge is 2.24. The van der Waals surface area contributed by atoms with E-state index in [4.69, 9.17) is 34.8 Å². The number of amides is 1. The van der Waals surface area contributed by atoms with E-state index < -0.39 is 4.92 Å². The van der Waals surface area contributed by atoms with Crippen LogP contribution in [0.1, 0.15) is 15.9 Å². The zero-order chi connectivity index (χ0) is 19.6. The van der Waals surface area contributed by atoms with E-state index in [-0.39, 0.29) is 22.2 Å². The van der Waals surface area contributed by atoms with Crippen molar-refractivity contribution < 1.29 is 9.72 Å². The first-order valence-corrected chi connectivity index (χ1v) is 9.38. The van der Waals surface area contributed by atoms with Gasteiger partial charge < -0.3 is 4.90 Å². The number of hydrogen-bond acceptors (Lipinski definition) is 4. The van der Waals surface area contributed by atoms with Crippen LogP contribution in [0.25, 0.3) is 0 Å². The van der Waals surface area contributed by atoms with Crippen LogP contribution < -0.4 is 0 Å². The average Bonchev–Trinajstić information content (AvgIpc) is 2.64. The van der Waals surface area contributed by atoms with E-state index in [0.29, 0.717) is 42.8 Å². The summed E-state index contributed by atoms with van der Waals surface area (Å²) in [4.78, 5) is 27.0. The lowest BCUT2D eigenvalue weighted by Gasteiger charge is -2.35. The molecule has 0 unspecified atom stereocenters. The Morgan fingerprint density at radius 2 is 1.70 bits per heavy atom. The summed E-state index contributed by atoms with van der Waals surface area (Å²) >= 11 is 17.9. The second kappa shape index (κ2) is 8.44. The summed E-state index contributed by atoms with van der Waals surface area (Å²) in [6, 6.07) is 9.53. The summed E-state index contributed by atoms with van der Waals surface area (Å²) in [5, 5.41) is 12.2. The molecule has 0 atom stereocenters. The molecule has 3 rings (SSSR count). The van der Waals surface area contributed by atoms with Gasteiger partial charge in [0.1, 0.15) is 5.02 Å². The topological polar surface area (TPSA) is 66.7 Å². The van der Waals surface area contributed by atoms with E-state index in [2.05, 4.69) is 4.90 Å². The number of nitro benzene ring substituents is 1. The molecule has 142 valence electrons. The maximum absolute atomic E-state index is 12.6. The Balaban J connectivity index is 1.62. The highest BCUT2D eigenvalue weighted by atomic mass is 35.5. The number of nitrogens with zero attached hydrogens (tertiary/aromatic N) is 3. The van der Waals surface area contributed by atoms with E-state index in [1.807, 2.05) is 6.07 Å². The molecule has 27 heavy (non-hydrogen) atoms. The number of halogens is 3. The number of rotatable bonds is 4. The SMILES string of the molecule is O=C(c1ccc(Cl)c([N+](=O)[O-])c1)N1CCN(Cc2ccc(Cl)cc2Cl)CC1. The van der Waals surface area contributed by atoms with Crippen LogP contribution in [0, 0.1) is 10.1 Å². The summed E-state index contributed by atoms with van der Waals surface area (Å²) < 4.78 is 0. The van der Waals surface area contributed by atoms with Crippen LogP contribution in [0.2, 0.25) is 15.1 Å². The zero-order valence-electron chi connectivity index (χ0n) is 14.2. The van der Waals surface area contributed by atoms with Crippen LogP contribution in [0.5, 0.6) is 0 Å². The number of carbonyl (C=O) groups excluding carboxylic acids is 1. The summed E-state index contributed by atoms with van der Waals surface area (Å²) in [5.41, 5.74) is 0.980. The number of benzene rings is 2. The lowest BCUT2D eigenvalue weighted by Crippen LogP contribution is -2.48. The normalized spacial score (nSPS) is 15.0. The van der Waals surface area contributed by atoms with Crippen molar-refractivity contribution in [2.75, 3.05) is 26.2 Å². The summed E-state index contributed by atoms with van der Waals surface area (Å²) in [6.07, 6.45) is 0. The molecule has 0 aromatic heterocycles. The Labute approximate surface area is 171 Å². The maximum atomic E-state index is 12.6. The second-order valence-electron chi connectivity index (χ2n) is 6.23. The number of carbonyl (C=O) groups is 1. The van der Waals surface area contributed by atoms with Gasteiger partial charge in [0.15, 0.2) is 0 Å². The van der Waals surface area contributed by atoms with Gasteiger partial charge in [0.25, 0.3) is 11.6 Å². The van der Waals surface area contributed by atoms with Gasteiger partial charge in [-0.05, 0) is 29.8 Å². The quantitative estimate of drug-likeness (QED) is 0.531. The van der Waals surface area contributed by atoms with Crippen LogP contribution in [-0.2, 0) is 6.54 Å². The van der Waals surface area contributed by atoms with Crippen molar-refractivity contribution in [1.82, 2.24) is 9.80 Å². The van der Waals surface area contributed by atoms with Gasteiger partial charge in [-0.2, -0.15) is 0 Å². The van der Waals surface area contributed by atoms with Gasteiger partial charge in [0, 0.05) is 54.4 Å². The molecule has 0 spiro atoms. The Morgan fingerprint density at radius 1 is 1.00 bits per heavy atom. The van der Waals surface area contributed by atoms with Crippen molar-refractivity contribution in [2.45, 2.75) is 6.54 Å². The Morgan fingerprint density at radius 3 is 2.33 bits per heavy atom. The van der Waals surface area contributed by atoms with Gasteiger partial charge >= 0.3 is 0 Å². The van der Waals surface area contributed by atoms with Gasteiger partial charge in [0.05, 0.1) is 4.92 Å². The fraction of sp³-hybridized carbons (Fsp3) is 0.278. The van der Waals surface area contributed by atoms with Crippen molar-refractivity contribution in [3.05, 3.63) is 72.7 Å². The first-order chi connectivity index (χ1) is 12.8. The molecule has 1 aliphatic heterocycles. The zero-order valence-corrected chi connectivity index (χ0v) is 16.5. The van der Waals surface area contributed by atoms with Crippen molar-refractivity contribution >= 4 is 46.4 Å². The molecule has 1 heterocycles. The van der Waals surface area contributed by atoms with Crippen molar-refractivity contribution in [3.63, 3.8) is 0 Å². The first-order valence-electron chi connectivity index (χ1n) is 8.24. The van der Waals surface area contributed by atoms with E-state index in [0.717, 1.165) is 5.56 Å². The fourth-order valence-electron chi connectivity index (χ4n) is 2.97. The minimum absolute atomic E-state index is 0.0150. The molecule has 1 saturated heterocycles. The van der Waals surface area contributed by atoms with E-state index in [9.17, 15) is 14.9 Å². The third kappa shape index (κ3) is 4.71. The average molecular weight is 429 g/mol. The van der Waals surface area contributed by atoms with Gasteiger partial charge in [-0.3, -0.25) is 19.8 Å². The third-order valence-electron chi connectivity index (χ3n) is 4.46. The van der Waals surface area contributed by atoms with Crippen molar-refractivity contribution in [1.29, 1.82) is 0 Å². The molecule has 0 aliphatic carbocycles. The van der Waals surface area contributed by atoms with Crippen molar-refractivity contribution in [2.24, 2.45) is 0 Å². The molecule has 0 radical (unpaired) electrons. The molecule has 0 saturated carbocycles. The summed E-state index contributed by atoms with van der Waals surface area (Å²) in [6.45, 7) is 3.09. The third-order valence-corrected chi connectivity index (χ3v) is 5.36. The summed E-state index contributed by atoms with van der Waals surface area (Å²) in [7, 11) is 0. The predicted octanol–water partition coefficient (Wildman–Crippen LogP) is 4.51. The van der Waals surface area contributed by atoms with E-state index >= 15 is 0 Å². The van der Waals surface area contributed by atoms with E-state index in [1.54, 1.807) is 17.0 Å². The van der Waals surface area contributed by atoms with Crippen LogP contribution in [0.15, 0.2) is 36.4 Å². The molecular weight excluding hydrogens is 413 g/mol. The van der Waals surface area contributed by atoms with Gasteiger partial charge in [-0.1, -0.05) is 40.9 Å². The smallest absolute Gasteiger partial charge is 0.288 e. The molecule has 2 aromatic rings. The Kier molecular flexibility index (Phi) is 6.22. The second-order valence-corrected chi connectivity index (χ2v) is 7.48. The molecule has 9 heteroatoms. The highest BCUT2D eigenvalue weighted by molar-refractivity contribution is 6.35. The predicted molar refractivity (Wildman–Crippen MR) is 106 cm³/mol. The lowest BCUT2D eigenvalue weighted by atomic mass is 10.1. The first kappa shape index (κ1) is 19.9. The van der Waals surface area contributed by atoms with Crippen LogP contribution >= 0.6 is 34.8 Å². The summed E-state index contributed by atoms with van der Waals surface area (Å²) in [5.74, 6) is -0.237. The molecule has 2 aromatic carbocycles. The molecule has 6 nitrogen and oxygen atoms in total. The molecular formula is C18H16Cl3N3O3. The molecule has 0 N–H and O–H groups in total. The highest BCUT2D eigenvalue weighted by Crippen LogP contribution is 2.26. The lowest BCUT2D eigenvalue weighted by molar-refractivity contribution is -0.384. The molecule has 1 amide bonds.